The van der Waals surface area contributed by atoms with Crippen LogP contribution >= 0.6 is 0 Å². The number of amides is 1. The van der Waals surface area contributed by atoms with Gasteiger partial charge in [-0.15, -0.1) is 0 Å². The first-order valence-electron chi connectivity index (χ1n) is 10.8. The normalized spacial score (nSPS) is 11.8. The topological polar surface area (TPSA) is 101 Å². The van der Waals surface area contributed by atoms with Crippen LogP contribution in [0.15, 0.2) is 48.5 Å². The van der Waals surface area contributed by atoms with Crippen LogP contribution in [0.1, 0.15) is 25.0 Å². The van der Waals surface area contributed by atoms with Crippen LogP contribution in [0, 0.1) is 5.92 Å². The maximum atomic E-state index is 13.0. The van der Waals surface area contributed by atoms with E-state index in [2.05, 4.69) is 35.6 Å². The molecule has 1 aromatic heterocycles. The van der Waals surface area contributed by atoms with E-state index in [4.69, 9.17) is 0 Å². The lowest BCUT2D eigenvalue weighted by molar-refractivity contribution is -0.154. The van der Waals surface area contributed by atoms with Crippen LogP contribution in [0.3, 0.4) is 0 Å². The third-order valence-electron chi connectivity index (χ3n) is 4.62. The highest BCUT2D eigenvalue weighted by Crippen LogP contribution is 2.31. The van der Waals surface area contributed by atoms with Crippen molar-refractivity contribution >= 4 is 29.2 Å². The van der Waals surface area contributed by atoms with Gasteiger partial charge in [0.1, 0.15) is 0 Å². The van der Waals surface area contributed by atoms with Crippen LogP contribution in [0.4, 0.5) is 49.6 Å². The maximum Gasteiger partial charge on any atom is 0.422 e. The highest BCUT2D eigenvalue weighted by atomic mass is 19.4. The van der Waals surface area contributed by atoms with Gasteiger partial charge in [-0.1, -0.05) is 32.0 Å². The van der Waals surface area contributed by atoms with E-state index in [1.807, 2.05) is 0 Å². The first-order chi connectivity index (χ1) is 17.3. The van der Waals surface area contributed by atoms with Gasteiger partial charge in [-0.05, 0) is 35.9 Å². The number of benzene rings is 2. The number of hydrogen-bond acceptors (Lipinski definition) is 7. The molecule has 1 heterocycles. The van der Waals surface area contributed by atoms with Crippen molar-refractivity contribution in [3.63, 3.8) is 0 Å². The van der Waals surface area contributed by atoms with E-state index in [-0.39, 0.29) is 36.0 Å². The molecular weight excluding hydrogens is 506 g/mol. The van der Waals surface area contributed by atoms with Crippen LogP contribution < -0.4 is 20.7 Å². The number of nitrogens with one attached hydrogen (secondary N) is 3. The fourth-order valence-electron chi connectivity index (χ4n) is 2.78. The molecule has 3 rings (SSSR count). The summed E-state index contributed by atoms with van der Waals surface area (Å²) < 4.78 is 81.4. The summed E-state index contributed by atoms with van der Waals surface area (Å²) in [6.07, 6.45) is -9.26. The Balaban J connectivity index is 1.77. The van der Waals surface area contributed by atoms with E-state index in [0.29, 0.717) is 11.3 Å². The van der Waals surface area contributed by atoms with E-state index in [1.54, 1.807) is 38.1 Å². The molecule has 2 aromatic carbocycles. The molecule has 0 aliphatic rings. The summed E-state index contributed by atoms with van der Waals surface area (Å²) in [7, 11) is 0. The van der Waals surface area contributed by atoms with Crippen LogP contribution in [0.25, 0.3) is 0 Å². The lowest BCUT2D eigenvalue weighted by Crippen LogP contribution is -2.21. The number of carbonyl (C=O) groups excluding carboxylic acids is 1. The van der Waals surface area contributed by atoms with E-state index >= 15 is 0 Å². The third-order valence-corrected chi connectivity index (χ3v) is 4.62. The van der Waals surface area contributed by atoms with Crippen molar-refractivity contribution in [3.05, 3.63) is 59.7 Å². The first-order valence-corrected chi connectivity index (χ1v) is 10.8. The number of ether oxygens (including phenoxy) is 1. The molecule has 0 unspecified atom stereocenters. The van der Waals surface area contributed by atoms with Gasteiger partial charge in [0, 0.05) is 23.8 Å². The summed E-state index contributed by atoms with van der Waals surface area (Å²) in [5.41, 5.74) is 0.311. The molecule has 0 aliphatic heterocycles. The Labute approximate surface area is 207 Å². The molecule has 0 radical (unpaired) electrons. The quantitative estimate of drug-likeness (QED) is 0.303. The predicted molar refractivity (Wildman–Crippen MR) is 123 cm³/mol. The van der Waals surface area contributed by atoms with Crippen molar-refractivity contribution in [1.82, 2.24) is 15.0 Å². The Morgan fingerprint density at radius 1 is 0.919 bits per heavy atom. The molecule has 0 saturated heterocycles. The molecule has 0 bridgehead atoms. The summed E-state index contributed by atoms with van der Waals surface area (Å²) in [6, 6.07) is 10.2. The zero-order chi connectivity index (χ0) is 27.2. The van der Waals surface area contributed by atoms with Gasteiger partial charge < -0.3 is 20.7 Å². The van der Waals surface area contributed by atoms with E-state index < -0.39 is 30.5 Å². The van der Waals surface area contributed by atoms with Gasteiger partial charge in [0.25, 0.3) is 0 Å². The van der Waals surface area contributed by atoms with Crippen molar-refractivity contribution in [2.45, 2.75) is 32.7 Å². The molecule has 0 atom stereocenters. The molecule has 14 heteroatoms. The number of alkyl halides is 6. The minimum absolute atomic E-state index is 0.0484. The number of halogens is 6. The van der Waals surface area contributed by atoms with Crippen LogP contribution in [0.2, 0.25) is 0 Å². The monoisotopic (exact) mass is 528 g/mol. The van der Waals surface area contributed by atoms with E-state index in [1.165, 1.54) is 6.07 Å². The second-order valence-electron chi connectivity index (χ2n) is 8.07. The van der Waals surface area contributed by atoms with E-state index in [0.717, 1.165) is 18.2 Å². The third kappa shape index (κ3) is 8.81. The highest BCUT2D eigenvalue weighted by molar-refractivity contribution is 5.92. The molecule has 37 heavy (non-hydrogen) atoms. The Bertz CT molecular complexity index is 1220. The molecule has 0 aliphatic carbocycles. The minimum Gasteiger partial charge on any atom is -0.454 e. The number of anilines is 4. The maximum absolute atomic E-state index is 13.0. The second-order valence-corrected chi connectivity index (χ2v) is 8.07. The van der Waals surface area contributed by atoms with E-state index in [9.17, 15) is 31.1 Å². The van der Waals surface area contributed by atoms with Gasteiger partial charge in [-0.25, -0.2) is 0 Å². The van der Waals surface area contributed by atoms with Crippen molar-refractivity contribution in [3.8, 4) is 6.01 Å². The largest absolute Gasteiger partial charge is 0.454 e. The standard InChI is InChI=1S/C23H22F6N6O2/c1-13(2)18(36)31-16-8-6-14(7-9-16)11-30-19-33-20(35-21(34-19)37-12-22(24,25)26)32-17-5-3-4-15(10-17)23(27,28)29/h3-10,13H,11-12H2,1-2H3,(H,31,36)(H2,30,32,33,34,35). The molecule has 3 N–H and O–H groups in total. The lowest BCUT2D eigenvalue weighted by Gasteiger charge is -2.13. The molecule has 0 fully saturated rings. The summed E-state index contributed by atoms with van der Waals surface area (Å²) in [4.78, 5) is 23.3. The number of carbonyl (C=O) groups is 1. The van der Waals surface area contributed by atoms with Gasteiger partial charge in [0.2, 0.25) is 17.8 Å². The van der Waals surface area contributed by atoms with Gasteiger partial charge in [0.05, 0.1) is 5.56 Å². The van der Waals surface area contributed by atoms with Crippen molar-refractivity contribution in [1.29, 1.82) is 0 Å². The summed E-state index contributed by atoms with van der Waals surface area (Å²) in [6.45, 7) is 1.96. The smallest absolute Gasteiger partial charge is 0.422 e. The predicted octanol–water partition coefficient (Wildman–Crippen LogP) is 5.78. The van der Waals surface area contributed by atoms with Gasteiger partial charge >= 0.3 is 18.4 Å². The number of aromatic nitrogens is 3. The SMILES string of the molecule is CC(C)C(=O)Nc1ccc(CNc2nc(Nc3cccc(C(F)(F)F)c3)nc(OCC(F)(F)F)n2)cc1. The summed E-state index contributed by atoms with van der Waals surface area (Å²) in [5.74, 6) is -0.861. The first kappa shape index (κ1) is 27.5. The Hall–Kier alpha value is -4.10. The number of rotatable bonds is 9. The molecule has 0 saturated carbocycles. The second kappa shape index (κ2) is 11.3. The average Bonchev–Trinajstić information content (AvgIpc) is 2.81. The van der Waals surface area contributed by atoms with Crippen LogP contribution in [-0.2, 0) is 17.5 Å². The average molecular weight is 528 g/mol. The number of hydrogen-bond donors (Lipinski definition) is 3. The van der Waals surface area contributed by atoms with Crippen molar-refractivity contribution < 1.29 is 35.9 Å². The van der Waals surface area contributed by atoms with Crippen molar-refractivity contribution in [2.24, 2.45) is 5.92 Å². The van der Waals surface area contributed by atoms with Gasteiger partial charge in [0.15, 0.2) is 6.61 Å². The molecular formula is C23H22F6N6O2. The van der Waals surface area contributed by atoms with Gasteiger partial charge in [-0.3, -0.25) is 4.79 Å². The molecule has 198 valence electrons. The lowest BCUT2D eigenvalue weighted by atomic mass is 10.1. The fourth-order valence-corrected chi connectivity index (χ4v) is 2.78. The summed E-state index contributed by atoms with van der Waals surface area (Å²) >= 11 is 0. The Morgan fingerprint density at radius 2 is 1.59 bits per heavy atom. The zero-order valence-electron chi connectivity index (χ0n) is 19.5. The Morgan fingerprint density at radius 3 is 2.22 bits per heavy atom. The number of nitrogens with zero attached hydrogens (tertiary/aromatic N) is 3. The molecule has 8 nitrogen and oxygen atoms in total. The molecule has 1 amide bonds. The van der Waals surface area contributed by atoms with Crippen LogP contribution in [-0.4, -0.2) is 33.6 Å². The van der Waals surface area contributed by atoms with Crippen LogP contribution in [0.5, 0.6) is 6.01 Å². The fraction of sp³-hybridized carbons (Fsp3) is 0.304. The van der Waals surface area contributed by atoms with Crippen molar-refractivity contribution in [2.75, 3.05) is 22.6 Å². The highest BCUT2D eigenvalue weighted by Gasteiger charge is 2.31. The van der Waals surface area contributed by atoms with Gasteiger partial charge in [-0.2, -0.15) is 41.3 Å². The molecule has 0 spiro atoms. The Kier molecular flexibility index (Phi) is 8.40. The zero-order valence-corrected chi connectivity index (χ0v) is 19.5. The summed E-state index contributed by atoms with van der Waals surface area (Å²) in [5, 5.41) is 8.07. The molecule has 3 aromatic rings. The minimum atomic E-state index is -4.67.